The van der Waals surface area contributed by atoms with Crippen molar-refractivity contribution in [3.05, 3.63) is 243 Å². The van der Waals surface area contributed by atoms with Gasteiger partial charge in [-0.15, -0.1) is 0 Å². The Bertz CT molecular complexity index is 3650. The van der Waals surface area contributed by atoms with Crippen LogP contribution in [0.15, 0.2) is 243 Å². The van der Waals surface area contributed by atoms with Gasteiger partial charge < -0.3 is 9.13 Å². The molecule has 2 nitrogen and oxygen atoms in total. The van der Waals surface area contributed by atoms with Crippen LogP contribution >= 0.6 is 0 Å². The average Bonchev–Trinajstić information content (AvgIpc) is 3.90. The Balaban J connectivity index is 0.855. The molecule has 0 radical (unpaired) electrons. The lowest BCUT2D eigenvalue weighted by molar-refractivity contribution is 1.18. The van der Waals surface area contributed by atoms with Gasteiger partial charge in [0.1, 0.15) is 0 Å². The molecule has 0 fully saturated rings. The van der Waals surface area contributed by atoms with Gasteiger partial charge >= 0.3 is 0 Å². The smallest absolute Gasteiger partial charge is 0.0547 e. The van der Waals surface area contributed by atoms with Gasteiger partial charge in [-0.2, -0.15) is 0 Å². The zero-order chi connectivity index (χ0) is 42.1. The summed E-state index contributed by atoms with van der Waals surface area (Å²) in [6, 6.07) is 88.9. The molecule has 64 heavy (non-hydrogen) atoms. The molecule has 0 aliphatic carbocycles. The number of nitrogens with zero attached hydrogens (tertiary/aromatic N) is 2. The minimum atomic E-state index is 1.17. The van der Waals surface area contributed by atoms with Crippen molar-refractivity contribution in [1.82, 2.24) is 9.13 Å². The molecule has 2 aromatic heterocycles. The van der Waals surface area contributed by atoms with E-state index in [1.165, 1.54) is 121 Å². The lowest BCUT2D eigenvalue weighted by atomic mass is 9.93. The van der Waals surface area contributed by atoms with Gasteiger partial charge in [-0.25, -0.2) is 0 Å². The summed E-state index contributed by atoms with van der Waals surface area (Å²) < 4.78 is 4.77. The van der Waals surface area contributed by atoms with E-state index < -0.39 is 0 Å². The fourth-order valence-electron chi connectivity index (χ4n) is 10.3. The van der Waals surface area contributed by atoms with E-state index in [1.54, 1.807) is 0 Å². The van der Waals surface area contributed by atoms with Crippen LogP contribution in [-0.2, 0) is 0 Å². The first-order chi connectivity index (χ1) is 31.7. The lowest BCUT2D eigenvalue weighted by Crippen LogP contribution is -1.92. The van der Waals surface area contributed by atoms with Crippen LogP contribution in [0.4, 0.5) is 0 Å². The Morgan fingerprint density at radius 2 is 0.562 bits per heavy atom. The van der Waals surface area contributed by atoms with Crippen molar-refractivity contribution in [2.45, 2.75) is 0 Å². The number of rotatable bonds is 6. The first-order valence-electron chi connectivity index (χ1n) is 22.1. The maximum atomic E-state index is 2.39. The van der Waals surface area contributed by atoms with E-state index in [0.29, 0.717) is 0 Å². The molecule has 2 heterocycles. The minimum Gasteiger partial charge on any atom is -0.309 e. The standard InChI is InChI=1S/C62H40N2/c1-3-13-49(14-4-1)63-57-21-9-7-17-53(57)61-51(19-11-23-59(61)63)43-29-25-41(26-30-43)47-37-35-45-33-34-46-36-38-48(40-56(46)55(45)39-47)42-27-31-44(32-28-42)52-20-12-24-60-62(52)54-18-8-10-22-58(54)64(60)50-15-5-2-6-16-50/h1-40H. The summed E-state index contributed by atoms with van der Waals surface area (Å²) in [6.07, 6.45) is 0. The predicted octanol–water partition coefficient (Wildman–Crippen LogP) is 16.9. The summed E-state index contributed by atoms with van der Waals surface area (Å²) in [5.74, 6) is 0. The van der Waals surface area contributed by atoms with Crippen LogP contribution in [0.25, 0.3) is 121 Å². The Morgan fingerprint density at radius 3 is 1.00 bits per heavy atom. The number of fused-ring (bicyclic) bond motifs is 9. The second-order valence-corrected chi connectivity index (χ2v) is 16.9. The summed E-state index contributed by atoms with van der Waals surface area (Å²) in [5.41, 5.74) is 16.9. The van der Waals surface area contributed by atoms with Crippen molar-refractivity contribution < 1.29 is 0 Å². The van der Waals surface area contributed by atoms with Gasteiger partial charge in [0.2, 0.25) is 0 Å². The van der Waals surface area contributed by atoms with E-state index in [-0.39, 0.29) is 0 Å². The maximum absolute atomic E-state index is 2.39. The molecule has 0 saturated heterocycles. The third kappa shape index (κ3) is 5.73. The van der Waals surface area contributed by atoms with Crippen LogP contribution in [0.3, 0.4) is 0 Å². The Morgan fingerprint density at radius 1 is 0.219 bits per heavy atom. The van der Waals surface area contributed by atoms with Crippen LogP contribution in [0.2, 0.25) is 0 Å². The van der Waals surface area contributed by atoms with Crippen LogP contribution in [0, 0.1) is 0 Å². The van der Waals surface area contributed by atoms with Crippen LogP contribution in [0.5, 0.6) is 0 Å². The zero-order valence-corrected chi connectivity index (χ0v) is 35.0. The van der Waals surface area contributed by atoms with Gasteiger partial charge in [0.15, 0.2) is 0 Å². The molecule has 0 amide bonds. The van der Waals surface area contributed by atoms with E-state index in [4.69, 9.17) is 0 Å². The fourth-order valence-corrected chi connectivity index (χ4v) is 10.3. The van der Waals surface area contributed by atoms with Gasteiger partial charge in [0.25, 0.3) is 0 Å². The third-order valence-electron chi connectivity index (χ3n) is 13.3. The van der Waals surface area contributed by atoms with Crippen molar-refractivity contribution in [3.63, 3.8) is 0 Å². The molecule has 0 aliphatic rings. The number of hydrogen-bond donors (Lipinski definition) is 0. The van der Waals surface area contributed by atoms with E-state index in [1.807, 2.05) is 0 Å². The van der Waals surface area contributed by atoms with E-state index >= 15 is 0 Å². The van der Waals surface area contributed by atoms with Gasteiger partial charge in [-0.1, -0.05) is 182 Å². The normalized spacial score (nSPS) is 11.8. The Kier molecular flexibility index (Phi) is 8.25. The third-order valence-corrected chi connectivity index (χ3v) is 13.3. The molecule has 0 spiro atoms. The SMILES string of the molecule is c1ccc(-n2c3ccccc3c3c(-c4ccc(-c5ccc6ccc7ccc(-c8ccc(-c9cccc%10c9c9ccccc9n%10-c9ccccc9)cc8)cc7c6c5)cc4)cccc32)cc1. The van der Waals surface area contributed by atoms with Gasteiger partial charge in [0, 0.05) is 32.9 Å². The second-order valence-electron chi connectivity index (χ2n) is 16.9. The summed E-state index contributed by atoms with van der Waals surface area (Å²) in [4.78, 5) is 0. The Labute approximate surface area is 371 Å². The lowest BCUT2D eigenvalue weighted by Gasteiger charge is -2.11. The van der Waals surface area contributed by atoms with Gasteiger partial charge in [-0.05, 0) is 127 Å². The molecule has 11 aromatic carbocycles. The summed E-state index contributed by atoms with van der Waals surface area (Å²) in [7, 11) is 0. The highest BCUT2D eigenvalue weighted by atomic mass is 15.0. The summed E-state index contributed by atoms with van der Waals surface area (Å²) >= 11 is 0. The molecule has 0 unspecified atom stereocenters. The van der Waals surface area contributed by atoms with Crippen molar-refractivity contribution in [1.29, 1.82) is 0 Å². The van der Waals surface area contributed by atoms with Gasteiger partial charge in [-0.3, -0.25) is 0 Å². The minimum absolute atomic E-state index is 1.17. The first-order valence-corrected chi connectivity index (χ1v) is 22.1. The monoisotopic (exact) mass is 812 g/mol. The fraction of sp³-hybridized carbons (Fsp3) is 0. The van der Waals surface area contributed by atoms with E-state index in [9.17, 15) is 0 Å². The average molecular weight is 813 g/mol. The molecule has 298 valence electrons. The summed E-state index contributed by atoms with van der Waals surface area (Å²) in [5, 5.41) is 10.1. The number of hydrogen-bond acceptors (Lipinski definition) is 0. The largest absolute Gasteiger partial charge is 0.309 e. The van der Waals surface area contributed by atoms with Crippen molar-refractivity contribution in [2.24, 2.45) is 0 Å². The molecule has 2 heteroatoms. The second kappa shape index (κ2) is 14.6. The van der Waals surface area contributed by atoms with Crippen LogP contribution in [0.1, 0.15) is 0 Å². The van der Waals surface area contributed by atoms with E-state index in [0.717, 1.165) is 0 Å². The molecule has 13 aromatic rings. The van der Waals surface area contributed by atoms with E-state index in [2.05, 4.69) is 252 Å². The first kappa shape index (κ1) is 36.2. The highest BCUT2D eigenvalue weighted by Gasteiger charge is 2.18. The molecule has 0 atom stereocenters. The molecular formula is C62H40N2. The highest BCUT2D eigenvalue weighted by Crippen LogP contribution is 2.41. The molecule has 0 saturated carbocycles. The van der Waals surface area contributed by atoms with Gasteiger partial charge in [0.05, 0.1) is 22.1 Å². The number of benzene rings is 11. The number of aromatic nitrogens is 2. The van der Waals surface area contributed by atoms with Crippen LogP contribution in [-0.4, -0.2) is 9.13 Å². The molecule has 0 N–H and O–H groups in total. The van der Waals surface area contributed by atoms with Crippen LogP contribution < -0.4 is 0 Å². The molecule has 0 bridgehead atoms. The topological polar surface area (TPSA) is 9.86 Å². The van der Waals surface area contributed by atoms with Crippen molar-refractivity contribution in [3.8, 4) is 55.9 Å². The quantitative estimate of drug-likeness (QED) is 0.148. The molecular weight excluding hydrogens is 773 g/mol. The van der Waals surface area contributed by atoms with Crippen molar-refractivity contribution in [2.75, 3.05) is 0 Å². The van der Waals surface area contributed by atoms with Crippen molar-refractivity contribution >= 4 is 65.2 Å². The summed E-state index contributed by atoms with van der Waals surface area (Å²) in [6.45, 7) is 0. The Hall–Kier alpha value is -8.46. The highest BCUT2D eigenvalue weighted by molar-refractivity contribution is 6.17. The predicted molar refractivity (Wildman–Crippen MR) is 272 cm³/mol. The molecule has 0 aliphatic heterocycles. The molecule has 13 rings (SSSR count). The zero-order valence-electron chi connectivity index (χ0n) is 35.0. The number of para-hydroxylation sites is 4. The maximum Gasteiger partial charge on any atom is 0.0547 e.